The topological polar surface area (TPSA) is 113 Å². The third kappa shape index (κ3) is 4.40. The van der Waals surface area contributed by atoms with Crippen molar-refractivity contribution in [1.82, 2.24) is 10.9 Å². The highest BCUT2D eigenvalue weighted by Gasteiger charge is 2.26. The number of anilines is 1. The van der Waals surface area contributed by atoms with Crippen LogP contribution in [0.25, 0.3) is 0 Å². The molecule has 8 nitrogen and oxygen atoms in total. The minimum Gasteiger partial charge on any atom is -0.377 e. The Balaban J connectivity index is 1.41. The van der Waals surface area contributed by atoms with Gasteiger partial charge in [0.15, 0.2) is 0 Å². The van der Waals surface area contributed by atoms with Crippen LogP contribution in [-0.4, -0.2) is 22.8 Å². The fourth-order valence-corrected chi connectivity index (χ4v) is 4.56. The molecule has 0 aliphatic heterocycles. The zero-order valence-corrected chi connectivity index (χ0v) is 16.8. The average Bonchev–Trinajstić information content (AvgIpc) is 3.41. The van der Waals surface area contributed by atoms with Gasteiger partial charge in [0.25, 0.3) is 17.5 Å². The largest absolute Gasteiger partial charge is 0.377 e. The Bertz CT molecular complexity index is 983. The number of aryl methyl sites for hydroxylation is 1. The minimum absolute atomic E-state index is 0.109. The van der Waals surface area contributed by atoms with E-state index in [1.165, 1.54) is 40.0 Å². The lowest BCUT2D eigenvalue weighted by Gasteiger charge is -2.16. The molecule has 0 spiro atoms. The Morgan fingerprint density at radius 2 is 1.90 bits per heavy atom. The zero-order valence-electron chi connectivity index (χ0n) is 16.0. The van der Waals surface area contributed by atoms with Gasteiger partial charge in [-0.3, -0.25) is 30.6 Å². The molecule has 2 aromatic rings. The molecule has 9 heteroatoms. The Morgan fingerprint density at radius 3 is 2.62 bits per heavy atom. The van der Waals surface area contributed by atoms with E-state index in [1.807, 2.05) is 6.07 Å². The Morgan fingerprint density at radius 1 is 1.14 bits per heavy atom. The van der Waals surface area contributed by atoms with Crippen LogP contribution in [-0.2, 0) is 12.8 Å². The Hall–Kier alpha value is -2.94. The summed E-state index contributed by atoms with van der Waals surface area (Å²) < 4.78 is 0. The highest BCUT2D eigenvalue weighted by atomic mass is 32.1. The Labute approximate surface area is 171 Å². The molecule has 0 bridgehead atoms. The predicted molar refractivity (Wildman–Crippen MR) is 110 cm³/mol. The first-order valence-electron chi connectivity index (χ1n) is 9.68. The number of fused-ring (bicyclic) bond motifs is 1. The number of carbonyl (C=O) groups is 2. The normalized spacial score (nSPS) is 17.9. The maximum Gasteiger partial charge on any atom is 0.293 e. The van der Waals surface area contributed by atoms with Crippen molar-refractivity contribution in [2.75, 3.05) is 5.32 Å². The van der Waals surface area contributed by atoms with Gasteiger partial charge in [-0.2, -0.15) is 0 Å². The van der Waals surface area contributed by atoms with Crippen LogP contribution in [0.1, 0.15) is 56.7 Å². The van der Waals surface area contributed by atoms with Crippen LogP contribution in [0.15, 0.2) is 24.3 Å². The SMILES string of the molecule is C[C@H]1CCc2sc(C(=O)NNC(=O)c3ccc(NC4CC4)c([N+](=O)[O-])c3)cc2C1. The van der Waals surface area contributed by atoms with E-state index in [9.17, 15) is 19.7 Å². The molecule has 1 aromatic heterocycles. The number of rotatable bonds is 5. The van der Waals surface area contributed by atoms with Crippen LogP contribution < -0.4 is 16.2 Å². The van der Waals surface area contributed by atoms with Crippen LogP contribution in [0.4, 0.5) is 11.4 Å². The summed E-state index contributed by atoms with van der Waals surface area (Å²) in [7, 11) is 0. The van der Waals surface area contributed by atoms with Crippen LogP contribution in [0.2, 0.25) is 0 Å². The van der Waals surface area contributed by atoms with Gasteiger partial charge in [-0.25, -0.2) is 0 Å². The molecule has 2 aliphatic carbocycles. The zero-order chi connectivity index (χ0) is 20.5. The lowest BCUT2D eigenvalue weighted by atomic mass is 9.90. The number of carbonyl (C=O) groups excluding carboxylic acids is 2. The molecule has 29 heavy (non-hydrogen) atoms. The van der Waals surface area contributed by atoms with Crippen molar-refractivity contribution in [2.45, 2.75) is 45.1 Å². The molecule has 1 heterocycles. The molecule has 1 atom stereocenters. The van der Waals surface area contributed by atoms with Gasteiger partial charge in [0.2, 0.25) is 0 Å². The van der Waals surface area contributed by atoms with Crippen molar-refractivity contribution in [3.63, 3.8) is 0 Å². The van der Waals surface area contributed by atoms with Crippen molar-refractivity contribution in [3.8, 4) is 0 Å². The van der Waals surface area contributed by atoms with Gasteiger partial charge in [0, 0.05) is 22.5 Å². The summed E-state index contributed by atoms with van der Waals surface area (Å²) in [6, 6.07) is 6.40. The highest BCUT2D eigenvalue weighted by Crippen LogP contribution is 2.33. The summed E-state index contributed by atoms with van der Waals surface area (Å²) in [5, 5.41) is 14.4. The fourth-order valence-electron chi connectivity index (χ4n) is 3.46. The van der Waals surface area contributed by atoms with E-state index in [2.05, 4.69) is 23.1 Å². The molecular weight excluding hydrogens is 392 g/mol. The summed E-state index contributed by atoms with van der Waals surface area (Å²) in [5.41, 5.74) is 6.32. The van der Waals surface area contributed by atoms with E-state index in [0.717, 1.165) is 32.1 Å². The average molecular weight is 414 g/mol. The molecule has 0 unspecified atom stereocenters. The van der Waals surface area contributed by atoms with E-state index in [1.54, 1.807) is 0 Å². The summed E-state index contributed by atoms with van der Waals surface area (Å²) in [6.07, 6.45) is 5.03. The van der Waals surface area contributed by atoms with Gasteiger partial charge in [0.05, 0.1) is 9.80 Å². The lowest BCUT2D eigenvalue weighted by Crippen LogP contribution is -2.41. The summed E-state index contributed by atoms with van der Waals surface area (Å²) in [6.45, 7) is 2.20. The molecule has 152 valence electrons. The standard InChI is InChI=1S/C20H22N4O4S/c1-11-2-7-17-13(8-11)10-18(29-17)20(26)23-22-19(25)12-3-6-15(21-14-4-5-14)16(9-12)24(27)28/h3,6,9-11,14,21H,2,4-5,7-8H2,1H3,(H,22,25)(H,23,26)/t11-/m0/s1. The quantitative estimate of drug-likeness (QED) is 0.512. The van der Waals surface area contributed by atoms with Gasteiger partial charge < -0.3 is 5.32 Å². The van der Waals surface area contributed by atoms with E-state index < -0.39 is 10.8 Å². The number of nitrogens with one attached hydrogen (secondary N) is 3. The van der Waals surface area contributed by atoms with E-state index in [-0.39, 0.29) is 23.2 Å². The van der Waals surface area contributed by atoms with Crippen LogP contribution in [0, 0.1) is 16.0 Å². The molecule has 1 saturated carbocycles. The van der Waals surface area contributed by atoms with Crippen molar-refractivity contribution >= 4 is 34.5 Å². The first kappa shape index (κ1) is 19.4. The first-order chi connectivity index (χ1) is 13.9. The highest BCUT2D eigenvalue weighted by molar-refractivity contribution is 7.14. The van der Waals surface area contributed by atoms with Gasteiger partial charge in [-0.15, -0.1) is 11.3 Å². The second-order valence-corrected chi connectivity index (χ2v) is 8.86. The first-order valence-corrected chi connectivity index (χ1v) is 10.5. The van der Waals surface area contributed by atoms with Gasteiger partial charge in [-0.05, 0) is 61.8 Å². The molecule has 2 aliphatic rings. The summed E-state index contributed by atoms with van der Waals surface area (Å²) in [5.74, 6) is -0.373. The molecule has 4 rings (SSSR count). The molecule has 1 fully saturated rings. The number of thiophene rings is 1. The smallest absolute Gasteiger partial charge is 0.293 e. The van der Waals surface area contributed by atoms with Gasteiger partial charge in [0.1, 0.15) is 5.69 Å². The second kappa shape index (κ2) is 7.82. The van der Waals surface area contributed by atoms with E-state index >= 15 is 0 Å². The molecule has 3 N–H and O–H groups in total. The van der Waals surface area contributed by atoms with Gasteiger partial charge >= 0.3 is 0 Å². The molecular formula is C20H22N4O4S. The van der Waals surface area contributed by atoms with Crippen molar-refractivity contribution in [1.29, 1.82) is 0 Å². The number of nitrogens with zero attached hydrogens (tertiary/aromatic N) is 1. The maximum absolute atomic E-state index is 12.4. The summed E-state index contributed by atoms with van der Waals surface area (Å²) in [4.78, 5) is 37.4. The Kier molecular flexibility index (Phi) is 5.23. The van der Waals surface area contributed by atoms with Crippen LogP contribution in [0.5, 0.6) is 0 Å². The third-order valence-corrected chi connectivity index (χ3v) is 6.47. The minimum atomic E-state index is -0.602. The van der Waals surface area contributed by atoms with Crippen LogP contribution >= 0.6 is 11.3 Å². The number of hydrogen-bond donors (Lipinski definition) is 3. The molecule has 2 amide bonds. The monoisotopic (exact) mass is 414 g/mol. The summed E-state index contributed by atoms with van der Waals surface area (Å²) >= 11 is 1.45. The number of nitro benzene ring substituents is 1. The number of nitro groups is 1. The second-order valence-electron chi connectivity index (χ2n) is 7.72. The van der Waals surface area contributed by atoms with Gasteiger partial charge in [-0.1, -0.05) is 6.92 Å². The van der Waals surface area contributed by atoms with Crippen molar-refractivity contribution in [2.24, 2.45) is 5.92 Å². The molecule has 0 saturated heterocycles. The fraction of sp³-hybridized carbons (Fsp3) is 0.400. The number of hydrogen-bond acceptors (Lipinski definition) is 6. The third-order valence-electron chi connectivity index (χ3n) is 5.24. The predicted octanol–water partition coefficient (Wildman–Crippen LogP) is 3.43. The van der Waals surface area contributed by atoms with Crippen molar-refractivity contribution < 1.29 is 14.5 Å². The van der Waals surface area contributed by atoms with Crippen molar-refractivity contribution in [3.05, 3.63) is 55.3 Å². The van der Waals surface area contributed by atoms with E-state index in [0.29, 0.717) is 16.5 Å². The van der Waals surface area contributed by atoms with E-state index in [4.69, 9.17) is 0 Å². The lowest BCUT2D eigenvalue weighted by molar-refractivity contribution is -0.384. The molecule has 1 aromatic carbocycles. The maximum atomic E-state index is 12.4. The number of amides is 2. The number of hydrazine groups is 1. The molecule has 0 radical (unpaired) electrons. The number of benzene rings is 1. The van der Waals surface area contributed by atoms with Crippen LogP contribution in [0.3, 0.4) is 0 Å².